The van der Waals surface area contributed by atoms with Crippen molar-refractivity contribution in [3.05, 3.63) is 11.1 Å². The molecule has 0 radical (unpaired) electrons. The lowest BCUT2D eigenvalue weighted by atomic mass is 9.52. The van der Waals surface area contributed by atoms with Crippen molar-refractivity contribution in [3.8, 4) is 6.07 Å². The summed E-state index contributed by atoms with van der Waals surface area (Å²) in [4.78, 5) is 12.2. The van der Waals surface area contributed by atoms with Crippen LogP contribution in [0.1, 0.15) is 47.0 Å². The van der Waals surface area contributed by atoms with Crippen LogP contribution in [0.25, 0.3) is 0 Å². The highest BCUT2D eigenvalue weighted by Crippen LogP contribution is 2.70. The van der Waals surface area contributed by atoms with Gasteiger partial charge in [-0.15, -0.1) is 0 Å². The molecule has 2 fully saturated rings. The van der Waals surface area contributed by atoms with Crippen LogP contribution in [0.4, 0.5) is 0 Å². The van der Waals surface area contributed by atoms with E-state index in [1.165, 1.54) is 0 Å². The highest BCUT2D eigenvalue weighted by molar-refractivity contribution is 5.87. The summed E-state index contributed by atoms with van der Waals surface area (Å²) >= 11 is 0. The molecule has 3 aliphatic rings. The standard InChI is InChI=1S/C15H19NO3/c1-12(2)5-6-15(18)11(17)19-13(3)7-9(8-16)10(12)14(13,15)4/h18H,5-7H2,1-4H3/t13-,14+,15+/m0/s1. The fourth-order valence-corrected chi connectivity index (χ4v) is 4.60. The Hall–Kier alpha value is -1.34. The molecular formula is C15H19NO3. The Morgan fingerprint density at radius 3 is 2.47 bits per heavy atom. The Labute approximate surface area is 113 Å². The molecule has 1 N–H and O–H groups in total. The van der Waals surface area contributed by atoms with E-state index in [9.17, 15) is 15.2 Å². The third-order valence-corrected chi connectivity index (χ3v) is 5.78. The first kappa shape index (κ1) is 12.7. The molecule has 3 rings (SSSR count). The van der Waals surface area contributed by atoms with Gasteiger partial charge in [0.05, 0.1) is 11.5 Å². The summed E-state index contributed by atoms with van der Waals surface area (Å²) in [5.74, 6) is -0.525. The van der Waals surface area contributed by atoms with Crippen LogP contribution < -0.4 is 0 Å². The van der Waals surface area contributed by atoms with E-state index in [1.54, 1.807) is 0 Å². The van der Waals surface area contributed by atoms with Crippen molar-refractivity contribution in [1.82, 2.24) is 0 Å². The number of esters is 1. The monoisotopic (exact) mass is 261 g/mol. The van der Waals surface area contributed by atoms with Crippen LogP contribution in [0.15, 0.2) is 11.1 Å². The molecule has 1 saturated carbocycles. The summed E-state index contributed by atoms with van der Waals surface area (Å²) in [6.45, 7) is 7.89. The van der Waals surface area contributed by atoms with Gasteiger partial charge in [-0.05, 0) is 37.7 Å². The summed E-state index contributed by atoms with van der Waals surface area (Å²) in [5.41, 5.74) is -1.64. The summed E-state index contributed by atoms with van der Waals surface area (Å²) in [6, 6.07) is 2.26. The minimum atomic E-state index is -1.48. The molecule has 1 saturated heterocycles. The van der Waals surface area contributed by atoms with E-state index in [-0.39, 0.29) is 5.41 Å². The SMILES string of the molecule is CC1(C)CC[C@@]2(O)C(=O)O[C@@]3(C)CC(C#N)=C1[C@@]23C. The molecule has 0 aromatic heterocycles. The lowest BCUT2D eigenvalue weighted by Gasteiger charge is -2.51. The number of aliphatic hydroxyl groups is 1. The van der Waals surface area contributed by atoms with Crippen LogP contribution in [0, 0.1) is 22.2 Å². The number of carbonyl (C=O) groups is 1. The minimum Gasteiger partial charge on any atom is -0.456 e. The van der Waals surface area contributed by atoms with Crippen LogP contribution in [0.2, 0.25) is 0 Å². The number of hydrogen-bond acceptors (Lipinski definition) is 4. The van der Waals surface area contributed by atoms with E-state index in [4.69, 9.17) is 4.74 Å². The molecule has 4 nitrogen and oxygen atoms in total. The smallest absolute Gasteiger partial charge is 0.339 e. The Balaban J connectivity index is 2.34. The van der Waals surface area contributed by atoms with Crippen molar-refractivity contribution >= 4 is 5.97 Å². The van der Waals surface area contributed by atoms with Crippen molar-refractivity contribution in [2.45, 2.75) is 58.2 Å². The van der Waals surface area contributed by atoms with Gasteiger partial charge in [-0.25, -0.2) is 4.79 Å². The van der Waals surface area contributed by atoms with Gasteiger partial charge in [-0.1, -0.05) is 13.8 Å². The fraction of sp³-hybridized carbons (Fsp3) is 0.733. The lowest BCUT2D eigenvalue weighted by molar-refractivity contribution is -0.160. The van der Waals surface area contributed by atoms with E-state index < -0.39 is 22.6 Å². The summed E-state index contributed by atoms with van der Waals surface area (Å²) < 4.78 is 5.54. The van der Waals surface area contributed by atoms with Crippen molar-refractivity contribution in [2.75, 3.05) is 0 Å². The average Bonchev–Trinajstić information content (AvgIpc) is 2.62. The first-order valence-electron chi connectivity index (χ1n) is 6.72. The highest BCUT2D eigenvalue weighted by Gasteiger charge is 2.77. The predicted octanol–water partition coefficient (Wildman–Crippen LogP) is 2.08. The lowest BCUT2D eigenvalue weighted by Crippen LogP contribution is -2.58. The largest absolute Gasteiger partial charge is 0.456 e. The molecule has 0 aromatic rings. The van der Waals surface area contributed by atoms with Crippen LogP contribution >= 0.6 is 0 Å². The Morgan fingerprint density at radius 1 is 1.26 bits per heavy atom. The van der Waals surface area contributed by atoms with Gasteiger partial charge in [-0.2, -0.15) is 5.26 Å². The van der Waals surface area contributed by atoms with Gasteiger partial charge in [0.1, 0.15) is 5.60 Å². The maximum atomic E-state index is 12.2. The number of ether oxygens (including phenoxy) is 1. The maximum absolute atomic E-state index is 12.2. The molecule has 19 heavy (non-hydrogen) atoms. The molecule has 1 heterocycles. The second kappa shape index (κ2) is 3.04. The zero-order valence-corrected chi connectivity index (χ0v) is 11.8. The number of nitriles is 1. The molecule has 102 valence electrons. The number of rotatable bonds is 0. The third kappa shape index (κ3) is 1.08. The average molecular weight is 261 g/mol. The highest BCUT2D eigenvalue weighted by atomic mass is 16.6. The zero-order chi connectivity index (χ0) is 14.3. The molecule has 3 atom stereocenters. The van der Waals surface area contributed by atoms with Crippen molar-refractivity contribution < 1.29 is 14.6 Å². The van der Waals surface area contributed by atoms with Gasteiger partial charge in [-0.3, -0.25) is 0 Å². The van der Waals surface area contributed by atoms with Gasteiger partial charge in [0.25, 0.3) is 0 Å². The minimum absolute atomic E-state index is 0.183. The summed E-state index contributed by atoms with van der Waals surface area (Å²) in [5, 5.41) is 20.3. The molecule has 0 amide bonds. The Morgan fingerprint density at radius 2 is 1.89 bits per heavy atom. The third-order valence-electron chi connectivity index (χ3n) is 5.78. The number of carbonyl (C=O) groups excluding carboxylic acids is 1. The Kier molecular flexibility index (Phi) is 2.03. The van der Waals surface area contributed by atoms with Crippen LogP contribution in [0.5, 0.6) is 0 Å². The van der Waals surface area contributed by atoms with E-state index in [2.05, 4.69) is 19.9 Å². The van der Waals surface area contributed by atoms with Gasteiger partial charge in [0.15, 0.2) is 5.60 Å². The van der Waals surface area contributed by atoms with Crippen LogP contribution in [-0.4, -0.2) is 22.3 Å². The molecule has 4 heteroatoms. The van der Waals surface area contributed by atoms with Gasteiger partial charge in [0.2, 0.25) is 0 Å². The van der Waals surface area contributed by atoms with Crippen LogP contribution in [0.3, 0.4) is 0 Å². The van der Waals surface area contributed by atoms with E-state index in [0.717, 1.165) is 5.57 Å². The molecule has 0 bridgehead atoms. The topological polar surface area (TPSA) is 70.3 Å². The molecule has 2 aliphatic carbocycles. The molecule has 0 spiro atoms. The van der Waals surface area contributed by atoms with Crippen molar-refractivity contribution in [1.29, 1.82) is 5.26 Å². The molecule has 0 unspecified atom stereocenters. The molecular weight excluding hydrogens is 242 g/mol. The van der Waals surface area contributed by atoms with Crippen molar-refractivity contribution in [3.63, 3.8) is 0 Å². The van der Waals surface area contributed by atoms with E-state index in [1.807, 2.05) is 13.8 Å². The maximum Gasteiger partial charge on any atom is 0.339 e. The van der Waals surface area contributed by atoms with Gasteiger partial charge >= 0.3 is 5.97 Å². The summed E-state index contributed by atoms with van der Waals surface area (Å²) in [7, 11) is 0. The number of nitrogens with zero attached hydrogens (tertiary/aromatic N) is 1. The van der Waals surface area contributed by atoms with Crippen molar-refractivity contribution in [2.24, 2.45) is 10.8 Å². The van der Waals surface area contributed by atoms with Crippen LogP contribution in [-0.2, 0) is 9.53 Å². The second-order valence-electron chi connectivity index (χ2n) is 7.13. The van der Waals surface area contributed by atoms with E-state index >= 15 is 0 Å². The Bertz CT molecular complexity index is 570. The van der Waals surface area contributed by atoms with Gasteiger partial charge in [0, 0.05) is 12.0 Å². The first-order chi connectivity index (χ1) is 8.62. The molecule has 0 aromatic carbocycles. The fourth-order valence-electron chi connectivity index (χ4n) is 4.60. The normalized spacial score (nSPS) is 46.8. The first-order valence-corrected chi connectivity index (χ1v) is 6.72. The van der Waals surface area contributed by atoms with Gasteiger partial charge < -0.3 is 9.84 Å². The molecule has 1 aliphatic heterocycles. The second-order valence-corrected chi connectivity index (χ2v) is 7.13. The zero-order valence-electron chi connectivity index (χ0n) is 11.8. The number of hydrogen-bond donors (Lipinski definition) is 1. The summed E-state index contributed by atoms with van der Waals surface area (Å²) in [6.07, 6.45) is 1.49. The van der Waals surface area contributed by atoms with E-state index in [0.29, 0.717) is 24.8 Å². The predicted molar refractivity (Wildman–Crippen MR) is 67.8 cm³/mol. The quantitative estimate of drug-likeness (QED) is 0.678.